The first-order valence-corrected chi connectivity index (χ1v) is 11.3. The number of nitrogens with one attached hydrogen (secondary N) is 1. The molecule has 1 heterocycles. The molecule has 4 rings (SSSR count). The maximum absolute atomic E-state index is 12.9. The number of carbonyl (C=O) groups is 1. The summed E-state index contributed by atoms with van der Waals surface area (Å²) in [6.45, 7) is 4.07. The predicted molar refractivity (Wildman–Crippen MR) is 124 cm³/mol. The molecule has 0 bridgehead atoms. The molecule has 1 fully saturated rings. The Morgan fingerprint density at radius 3 is 2.66 bits per heavy atom. The van der Waals surface area contributed by atoms with Crippen LogP contribution in [-0.2, 0) is 4.79 Å². The fraction of sp³-hybridized carbons (Fsp3) is 0.385. The number of hydrogen-bond donors (Lipinski definition) is 1. The Kier molecular flexibility index (Phi) is 6.78. The fourth-order valence-electron chi connectivity index (χ4n) is 4.09. The van der Waals surface area contributed by atoms with Crippen molar-refractivity contribution in [3.05, 3.63) is 64.5 Å². The maximum atomic E-state index is 12.9. The second-order valence-corrected chi connectivity index (χ2v) is 8.57. The molecule has 0 atom stereocenters. The molecule has 0 spiro atoms. The number of para-hydroxylation sites is 1. The van der Waals surface area contributed by atoms with Crippen molar-refractivity contribution in [2.24, 2.45) is 0 Å². The molecule has 6 nitrogen and oxygen atoms in total. The highest BCUT2D eigenvalue weighted by molar-refractivity contribution is 5.80. The van der Waals surface area contributed by atoms with E-state index in [1.807, 2.05) is 24.3 Å². The Bertz CT molecular complexity index is 1140. The van der Waals surface area contributed by atoms with E-state index in [1.54, 1.807) is 18.2 Å². The van der Waals surface area contributed by atoms with Crippen molar-refractivity contribution in [1.82, 2.24) is 5.32 Å². The van der Waals surface area contributed by atoms with Gasteiger partial charge in [-0.15, -0.1) is 0 Å². The summed E-state index contributed by atoms with van der Waals surface area (Å²) in [5, 5.41) is 3.42. The van der Waals surface area contributed by atoms with Crippen molar-refractivity contribution in [1.29, 1.82) is 0 Å². The van der Waals surface area contributed by atoms with E-state index >= 15 is 0 Å². The zero-order valence-corrected chi connectivity index (χ0v) is 18.6. The molecule has 0 aliphatic heterocycles. The molecule has 168 valence electrons. The van der Waals surface area contributed by atoms with Crippen LogP contribution >= 0.6 is 0 Å². The van der Waals surface area contributed by atoms with Crippen LogP contribution in [0.1, 0.15) is 57.4 Å². The highest BCUT2D eigenvalue weighted by Crippen LogP contribution is 2.30. The fourth-order valence-corrected chi connectivity index (χ4v) is 4.09. The largest absolute Gasteiger partial charge is 0.484 e. The highest BCUT2D eigenvalue weighted by Gasteiger charge is 2.17. The van der Waals surface area contributed by atoms with Crippen molar-refractivity contribution < 1.29 is 18.7 Å². The van der Waals surface area contributed by atoms with Gasteiger partial charge in [-0.1, -0.05) is 51.3 Å². The monoisotopic (exact) mass is 435 g/mol. The SMILES string of the molecule is CC(C)c1ccccc1Oc1coc2cc(OCC(=O)NC3CCCCC3)ccc2c1=O. The van der Waals surface area contributed by atoms with Crippen molar-refractivity contribution in [2.75, 3.05) is 6.61 Å². The van der Waals surface area contributed by atoms with Gasteiger partial charge in [0.1, 0.15) is 23.3 Å². The van der Waals surface area contributed by atoms with Crippen LogP contribution in [0.5, 0.6) is 17.2 Å². The average Bonchev–Trinajstić information content (AvgIpc) is 2.80. The number of rotatable bonds is 7. The molecule has 1 amide bonds. The minimum Gasteiger partial charge on any atom is -0.484 e. The van der Waals surface area contributed by atoms with E-state index in [-0.39, 0.29) is 35.7 Å². The highest BCUT2D eigenvalue weighted by atomic mass is 16.5. The van der Waals surface area contributed by atoms with Gasteiger partial charge in [0.15, 0.2) is 6.61 Å². The number of benzene rings is 2. The van der Waals surface area contributed by atoms with Crippen LogP contribution in [0.2, 0.25) is 0 Å². The number of amides is 1. The summed E-state index contributed by atoms with van der Waals surface area (Å²) in [5.41, 5.74) is 1.14. The lowest BCUT2D eigenvalue weighted by molar-refractivity contribution is -0.124. The van der Waals surface area contributed by atoms with Gasteiger partial charge in [0.25, 0.3) is 5.91 Å². The Labute approximate surface area is 187 Å². The lowest BCUT2D eigenvalue weighted by Crippen LogP contribution is -2.38. The van der Waals surface area contributed by atoms with Crippen LogP contribution in [0.3, 0.4) is 0 Å². The molecule has 2 aromatic carbocycles. The molecule has 1 aliphatic rings. The number of fused-ring (bicyclic) bond motifs is 1. The summed E-state index contributed by atoms with van der Waals surface area (Å²) in [5.74, 6) is 1.36. The van der Waals surface area contributed by atoms with E-state index in [9.17, 15) is 9.59 Å². The smallest absolute Gasteiger partial charge is 0.258 e. The molecule has 6 heteroatoms. The van der Waals surface area contributed by atoms with Gasteiger partial charge in [-0.3, -0.25) is 9.59 Å². The number of ether oxygens (including phenoxy) is 2. The summed E-state index contributed by atoms with van der Waals surface area (Å²) in [4.78, 5) is 25.1. The third-order valence-electron chi connectivity index (χ3n) is 5.82. The van der Waals surface area contributed by atoms with Crippen LogP contribution in [0.25, 0.3) is 11.0 Å². The predicted octanol–water partition coefficient (Wildman–Crippen LogP) is 5.54. The molecular formula is C26H29NO5. The first-order chi connectivity index (χ1) is 15.5. The van der Waals surface area contributed by atoms with Crippen LogP contribution in [0.4, 0.5) is 0 Å². The normalized spacial score (nSPS) is 14.5. The zero-order chi connectivity index (χ0) is 22.5. The molecule has 1 N–H and O–H groups in total. The lowest BCUT2D eigenvalue weighted by atomic mass is 9.95. The molecular weight excluding hydrogens is 406 g/mol. The number of carbonyl (C=O) groups excluding carboxylic acids is 1. The van der Waals surface area contributed by atoms with E-state index in [0.717, 1.165) is 31.2 Å². The zero-order valence-electron chi connectivity index (χ0n) is 18.6. The molecule has 0 radical (unpaired) electrons. The molecule has 0 unspecified atom stereocenters. The standard InChI is InChI=1S/C26H29NO5/c1-17(2)20-10-6-7-11-22(20)32-24-15-31-23-14-19(12-13-21(23)26(24)29)30-16-25(28)27-18-8-4-3-5-9-18/h6-7,10-15,17-18H,3-5,8-9,16H2,1-2H3,(H,27,28). The summed E-state index contributed by atoms with van der Waals surface area (Å²) in [7, 11) is 0. The molecule has 3 aromatic rings. The Morgan fingerprint density at radius 2 is 1.88 bits per heavy atom. The Hall–Kier alpha value is -3.28. The van der Waals surface area contributed by atoms with Gasteiger partial charge in [-0.05, 0) is 42.5 Å². The molecule has 1 saturated carbocycles. The maximum Gasteiger partial charge on any atom is 0.258 e. The molecule has 32 heavy (non-hydrogen) atoms. The van der Waals surface area contributed by atoms with Gasteiger partial charge in [0.2, 0.25) is 11.2 Å². The summed E-state index contributed by atoms with van der Waals surface area (Å²) in [6, 6.07) is 12.8. The Morgan fingerprint density at radius 1 is 1.09 bits per heavy atom. The summed E-state index contributed by atoms with van der Waals surface area (Å²) in [6.07, 6.45) is 6.93. The quantitative estimate of drug-likeness (QED) is 0.527. The number of hydrogen-bond acceptors (Lipinski definition) is 5. The first-order valence-electron chi connectivity index (χ1n) is 11.3. The van der Waals surface area contributed by atoms with Gasteiger partial charge in [-0.2, -0.15) is 0 Å². The van der Waals surface area contributed by atoms with Gasteiger partial charge in [-0.25, -0.2) is 0 Å². The van der Waals surface area contributed by atoms with E-state index < -0.39 is 0 Å². The molecule has 1 aliphatic carbocycles. The van der Waals surface area contributed by atoms with Crippen LogP contribution < -0.4 is 20.2 Å². The van der Waals surface area contributed by atoms with Crippen molar-refractivity contribution in [3.63, 3.8) is 0 Å². The molecule has 1 aromatic heterocycles. The van der Waals surface area contributed by atoms with Gasteiger partial charge in [0, 0.05) is 12.1 Å². The first kappa shape index (κ1) is 21.9. The molecule has 0 saturated heterocycles. The van der Waals surface area contributed by atoms with E-state index in [4.69, 9.17) is 13.9 Å². The lowest BCUT2D eigenvalue weighted by Gasteiger charge is -2.22. The second kappa shape index (κ2) is 9.90. The summed E-state index contributed by atoms with van der Waals surface area (Å²) >= 11 is 0. The van der Waals surface area contributed by atoms with Gasteiger partial charge >= 0.3 is 0 Å². The third-order valence-corrected chi connectivity index (χ3v) is 5.82. The van der Waals surface area contributed by atoms with Crippen LogP contribution in [0.15, 0.2) is 57.9 Å². The Balaban J connectivity index is 1.45. The minimum atomic E-state index is -0.258. The van der Waals surface area contributed by atoms with Gasteiger partial charge < -0.3 is 19.2 Å². The van der Waals surface area contributed by atoms with Crippen LogP contribution in [0, 0.1) is 0 Å². The van der Waals surface area contributed by atoms with E-state index in [0.29, 0.717) is 22.5 Å². The topological polar surface area (TPSA) is 77.8 Å². The van der Waals surface area contributed by atoms with Crippen molar-refractivity contribution >= 4 is 16.9 Å². The van der Waals surface area contributed by atoms with E-state index in [1.165, 1.54) is 12.7 Å². The minimum absolute atomic E-state index is 0.0700. The third kappa shape index (κ3) is 5.13. The van der Waals surface area contributed by atoms with Gasteiger partial charge in [0.05, 0.1) is 5.39 Å². The van der Waals surface area contributed by atoms with Crippen molar-refractivity contribution in [2.45, 2.75) is 57.9 Å². The van der Waals surface area contributed by atoms with Crippen LogP contribution in [-0.4, -0.2) is 18.6 Å². The summed E-state index contributed by atoms with van der Waals surface area (Å²) < 4.78 is 17.2. The van der Waals surface area contributed by atoms with Crippen molar-refractivity contribution in [3.8, 4) is 17.2 Å². The van der Waals surface area contributed by atoms with E-state index in [2.05, 4.69) is 19.2 Å². The average molecular weight is 436 g/mol. The second-order valence-electron chi connectivity index (χ2n) is 8.57.